The van der Waals surface area contributed by atoms with Crippen LogP contribution in [-0.4, -0.2) is 27.7 Å². The normalized spacial score (nSPS) is 19.0. The SMILES string of the molecule is COc1ccccc1[C@@H]1C2=C(CC(C)(C)CC2=O)Nc2nc(SCc3ccccc3F)nn21. The summed E-state index contributed by atoms with van der Waals surface area (Å²) in [6.45, 7) is 4.20. The van der Waals surface area contributed by atoms with Gasteiger partial charge in [0.1, 0.15) is 17.6 Å². The number of halogens is 1. The van der Waals surface area contributed by atoms with Crippen LogP contribution in [0.3, 0.4) is 0 Å². The Morgan fingerprint density at radius 2 is 1.94 bits per heavy atom. The molecule has 0 saturated carbocycles. The predicted molar refractivity (Wildman–Crippen MR) is 126 cm³/mol. The van der Waals surface area contributed by atoms with E-state index in [9.17, 15) is 9.18 Å². The predicted octanol–water partition coefficient (Wildman–Crippen LogP) is 5.38. The number of allylic oxidation sites excluding steroid dienone is 2. The molecule has 0 unspecified atom stereocenters. The van der Waals surface area contributed by atoms with Crippen LogP contribution in [0.25, 0.3) is 0 Å². The molecule has 1 atom stereocenters. The zero-order chi connectivity index (χ0) is 23.2. The molecule has 5 rings (SSSR count). The van der Waals surface area contributed by atoms with Crippen molar-refractivity contribution in [2.45, 2.75) is 43.6 Å². The number of para-hydroxylation sites is 1. The van der Waals surface area contributed by atoms with E-state index in [0.29, 0.717) is 40.2 Å². The van der Waals surface area contributed by atoms with E-state index in [1.165, 1.54) is 17.8 Å². The number of carbonyl (C=O) groups is 1. The molecule has 1 aliphatic carbocycles. The fourth-order valence-electron chi connectivity index (χ4n) is 4.59. The van der Waals surface area contributed by atoms with Crippen molar-refractivity contribution >= 4 is 23.5 Å². The third kappa shape index (κ3) is 4.04. The highest BCUT2D eigenvalue weighted by Gasteiger charge is 2.42. The Bertz CT molecular complexity index is 1270. The van der Waals surface area contributed by atoms with Gasteiger partial charge in [0, 0.05) is 29.0 Å². The topological polar surface area (TPSA) is 69.0 Å². The number of nitrogens with zero attached hydrogens (tertiary/aromatic N) is 3. The summed E-state index contributed by atoms with van der Waals surface area (Å²) >= 11 is 1.36. The van der Waals surface area contributed by atoms with Crippen LogP contribution in [0.4, 0.5) is 10.3 Å². The summed E-state index contributed by atoms with van der Waals surface area (Å²) in [6, 6.07) is 13.9. The van der Waals surface area contributed by atoms with Gasteiger partial charge in [-0.3, -0.25) is 4.79 Å². The lowest BCUT2D eigenvalue weighted by Gasteiger charge is -2.38. The quantitative estimate of drug-likeness (QED) is 0.512. The number of anilines is 1. The van der Waals surface area contributed by atoms with E-state index < -0.39 is 6.04 Å². The Hall–Kier alpha value is -3.13. The van der Waals surface area contributed by atoms with Crippen LogP contribution in [0.15, 0.2) is 65.0 Å². The summed E-state index contributed by atoms with van der Waals surface area (Å²) in [5, 5.41) is 8.62. The van der Waals surface area contributed by atoms with Gasteiger partial charge < -0.3 is 10.1 Å². The first kappa shape index (κ1) is 21.7. The second-order valence-corrected chi connectivity index (χ2v) is 10.1. The van der Waals surface area contributed by atoms with Crippen molar-refractivity contribution in [3.63, 3.8) is 0 Å². The second-order valence-electron chi connectivity index (χ2n) is 9.15. The van der Waals surface area contributed by atoms with Crippen molar-refractivity contribution in [2.24, 2.45) is 5.41 Å². The smallest absolute Gasteiger partial charge is 0.227 e. The maximum atomic E-state index is 14.1. The van der Waals surface area contributed by atoms with Crippen LogP contribution in [0.2, 0.25) is 0 Å². The highest BCUT2D eigenvalue weighted by molar-refractivity contribution is 7.98. The Balaban J connectivity index is 1.56. The molecule has 0 fully saturated rings. The monoisotopic (exact) mass is 464 g/mol. The van der Waals surface area contributed by atoms with Gasteiger partial charge in [-0.05, 0) is 29.5 Å². The van der Waals surface area contributed by atoms with E-state index in [2.05, 4.69) is 24.1 Å². The van der Waals surface area contributed by atoms with Crippen LogP contribution in [0, 0.1) is 11.2 Å². The number of hydrogen-bond donors (Lipinski definition) is 1. The van der Waals surface area contributed by atoms with Crippen LogP contribution in [0.1, 0.15) is 43.9 Å². The number of rotatable bonds is 5. The third-order valence-corrected chi connectivity index (χ3v) is 6.95. The van der Waals surface area contributed by atoms with Crippen molar-refractivity contribution in [3.05, 3.63) is 76.7 Å². The van der Waals surface area contributed by atoms with Gasteiger partial charge in [-0.25, -0.2) is 9.07 Å². The Morgan fingerprint density at radius 1 is 1.18 bits per heavy atom. The lowest BCUT2D eigenvalue weighted by molar-refractivity contribution is -0.118. The number of ketones is 1. The van der Waals surface area contributed by atoms with Gasteiger partial charge in [0.15, 0.2) is 5.78 Å². The minimum absolute atomic E-state index is 0.103. The van der Waals surface area contributed by atoms with Crippen molar-refractivity contribution < 1.29 is 13.9 Å². The fraction of sp³-hybridized carbons (Fsp3) is 0.320. The Kier molecular flexibility index (Phi) is 5.48. The third-order valence-electron chi connectivity index (χ3n) is 6.06. The zero-order valence-electron chi connectivity index (χ0n) is 18.8. The molecule has 3 aromatic rings. The largest absolute Gasteiger partial charge is 0.496 e. The van der Waals surface area contributed by atoms with Crippen LogP contribution in [0.5, 0.6) is 5.75 Å². The summed E-state index contributed by atoms with van der Waals surface area (Å²) in [4.78, 5) is 18.0. The molecule has 0 spiro atoms. The number of Topliss-reactive ketones (excluding diaryl/α,β-unsaturated/α-hetero) is 1. The molecule has 0 radical (unpaired) electrons. The Labute approximate surface area is 196 Å². The molecule has 33 heavy (non-hydrogen) atoms. The number of thioether (sulfide) groups is 1. The van der Waals surface area contributed by atoms with Crippen LogP contribution >= 0.6 is 11.8 Å². The molecule has 2 heterocycles. The molecule has 170 valence electrons. The molecular weight excluding hydrogens is 439 g/mol. The van der Waals surface area contributed by atoms with E-state index in [1.807, 2.05) is 30.3 Å². The summed E-state index contributed by atoms with van der Waals surface area (Å²) in [7, 11) is 1.62. The average molecular weight is 465 g/mol. The van der Waals surface area contributed by atoms with Gasteiger partial charge in [-0.1, -0.05) is 62.0 Å². The fourth-order valence-corrected chi connectivity index (χ4v) is 5.40. The number of nitrogens with one attached hydrogen (secondary N) is 1. The minimum atomic E-state index is -0.439. The molecule has 0 saturated heterocycles. The number of hydrogen-bond acceptors (Lipinski definition) is 6. The number of ether oxygens (including phenoxy) is 1. The summed E-state index contributed by atoms with van der Waals surface area (Å²) < 4.78 is 21.5. The van der Waals surface area contributed by atoms with Crippen molar-refractivity contribution in [1.29, 1.82) is 0 Å². The number of benzene rings is 2. The van der Waals surface area contributed by atoms with Gasteiger partial charge in [-0.2, -0.15) is 4.98 Å². The molecule has 2 aromatic carbocycles. The molecule has 0 amide bonds. The van der Waals surface area contributed by atoms with E-state index >= 15 is 0 Å². The highest BCUT2D eigenvalue weighted by Crippen LogP contribution is 2.47. The zero-order valence-corrected chi connectivity index (χ0v) is 19.6. The number of aromatic nitrogens is 3. The van der Waals surface area contributed by atoms with Gasteiger partial charge in [0.2, 0.25) is 11.1 Å². The molecule has 1 aliphatic heterocycles. The highest BCUT2D eigenvalue weighted by atomic mass is 32.2. The van der Waals surface area contributed by atoms with E-state index in [-0.39, 0.29) is 17.0 Å². The molecule has 8 heteroatoms. The molecule has 1 N–H and O–H groups in total. The molecule has 1 aromatic heterocycles. The lowest BCUT2D eigenvalue weighted by Crippen LogP contribution is -2.36. The molecule has 2 aliphatic rings. The molecular formula is C25H25FN4O2S. The first-order chi connectivity index (χ1) is 15.9. The van der Waals surface area contributed by atoms with Crippen molar-refractivity contribution in [1.82, 2.24) is 14.8 Å². The number of fused-ring (bicyclic) bond motifs is 1. The van der Waals surface area contributed by atoms with Gasteiger partial charge in [0.05, 0.1) is 7.11 Å². The first-order valence-corrected chi connectivity index (χ1v) is 11.8. The number of methoxy groups -OCH3 is 1. The van der Waals surface area contributed by atoms with Gasteiger partial charge in [-0.15, -0.1) is 5.10 Å². The average Bonchev–Trinajstić information content (AvgIpc) is 3.18. The second kappa shape index (κ2) is 8.33. The van der Waals surface area contributed by atoms with Crippen LogP contribution < -0.4 is 10.1 Å². The summed E-state index contributed by atoms with van der Waals surface area (Å²) in [6.07, 6.45) is 1.21. The van der Waals surface area contributed by atoms with E-state index in [0.717, 1.165) is 17.7 Å². The summed E-state index contributed by atoms with van der Waals surface area (Å²) in [5.41, 5.74) is 2.91. The standard InChI is InChI=1S/C25H25FN4O2S/c1-25(2)12-18-21(19(31)13-25)22(16-9-5-7-11-20(16)32-3)30-23(27-18)28-24(29-30)33-14-15-8-4-6-10-17(15)26/h4-11,22H,12-14H2,1-3H3,(H,27,28,29)/t22-/m1/s1. The summed E-state index contributed by atoms with van der Waals surface area (Å²) in [5.74, 6) is 1.53. The lowest BCUT2D eigenvalue weighted by atomic mass is 9.73. The minimum Gasteiger partial charge on any atom is -0.496 e. The first-order valence-electron chi connectivity index (χ1n) is 10.9. The molecule has 0 bridgehead atoms. The maximum Gasteiger partial charge on any atom is 0.227 e. The van der Waals surface area contributed by atoms with Crippen molar-refractivity contribution in [2.75, 3.05) is 12.4 Å². The maximum absolute atomic E-state index is 14.1. The molecule has 6 nitrogen and oxygen atoms in total. The number of carbonyl (C=O) groups excluding carboxylic acids is 1. The van der Waals surface area contributed by atoms with Gasteiger partial charge in [0.25, 0.3) is 0 Å². The van der Waals surface area contributed by atoms with E-state index in [4.69, 9.17) is 9.84 Å². The Morgan fingerprint density at radius 3 is 2.73 bits per heavy atom. The van der Waals surface area contributed by atoms with Gasteiger partial charge >= 0.3 is 0 Å². The van der Waals surface area contributed by atoms with E-state index in [1.54, 1.807) is 23.9 Å². The van der Waals surface area contributed by atoms with Crippen LogP contribution in [-0.2, 0) is 10.5 Å². The van der Waals surface area contributed by atoms with Crippen molar-refractivity contribution in [3.8, 4) is 5.75 Å².